The summed E-state index contributed by atoms with van der Waals surface area (Å²) in [6, 6.07) is -0.0985. The zero-order valence-corrected chi connectivity index (χ0v) is 11.5. The van der Waals surface area contributed by atoms with Gasteiger partial charge in [0.05, 0.1) is 4.92 Å². The third-order valence-electron chi connectivity index (χ3n) is 2.18. The summed E-state index contributed by atoms with van der Waals surface area (Å²) in [7, 11) is -0.895. The summed E-state index contributed by atoms with van der Waals surface area (Å²) in [4.78, 5) is 17.6. The van der Waals surface area contributed by atoms with Gasteiger partial charge >= 0.3 is 5.69 Å². The van der Waals surface area contributed by atoms with Crippen molar-refractivity contribution in [2.45, 2.75) is 19.4 Å². The highest BCUT2D eigenvalue weighted by Gasteiger charge is 2.22. The summed E-state index contributed by atoms with van der Waals surface area (Å²) >= 11 is 5.65. The quantitative estimate of drug-likeness (QED) is 0.486. The Bertz CT molecular complexity index is 471. The van der Waals surface area contributed by atoms with E-state index in [2.05, 4.69) is 15.3 Å². The summed E-state index contributed by atoms with van der Waals surface area (Å²) in [6.45, 7) is 1.83. The van der Waals surface area contributed by atoms with E-state index in [-0.39, 0.29) is 22.7 Å². The molecule has 1 N–H and O–H groups in total. The molecule has 7 nitrogen and oxygen atoms in total. The van der Waals surface area contributed by atoms with Crippen LogP contribution in [0.15, 0.2) is 6.33 Å². The van der Waals surface area contributed by atoms with Crippen molar-refractivity contribution in [1.82, 2.24) is 9.97 Å². The molecule has 0 saturated heterocycles. The van der Waals surface area contributed by atoms with Crippen molar-refractivity contribution < 1.29 is 9.13 Å². The molecule has 1 rings (SSSR count). The van der Waals surface area contributed by atoms with Gasteiger partial charge in [0.1, 0.15) is 6.33 Å². The number of nitrogens with zero attached hydrogens (tertiary/aromatic N) is 3. The molecule has 0 saturated carbocycles. The van der Waals surface area contributed by atoms with Crippen molar-refractivity contribution in [2.24, 2.45) is 0 Å². The SMILES string of the molecule is CC(CCS(C)=O)Nc1ncnc(Cl)c1[N+](=O)[O-]. The Morgan fingerprint density at radius 2 is 2.28 bits per heavy atom. The monoisotopic (exact) mass is 292 g/mol. The lowest BCUT2D eigenvalue weighted by Crippen LogP contribution is -2.19. The molecule has 0 amide bonds. The Morgan fingerprint density at radius 1 is 1.61 bits per heavy atom. The van der Waals surface area contributed by atoms with E-state index in [0.29, 0.717) is 12.2 Å². The van der Waals surface area contributed by atoms with Crippen molar-refractivity contribution in [3.05, 3.63) is 21.6 Å². The lowest BCUT2D eigenvalue weighted by molar-refractivity contribution is -0.384. The van der Waals surface area contributed by atoms with Crippen LogP contribution in [0.1, 0.15) is 13.3 Å². The molecule has 1 aromatic heterocycles. The van der Waals surface area contributed by atoms with Crippen molar-refractivity contribution >= 4 is 33.9 Å². The molecule has 0 fully saturated rings. The van der Waals surface area contributed by atoms with Crippen molar-refractivity contribution in [3.63, 3.8) is 0 Å². The molecule has 2 atom stereocenters. The van der Waals surface area contributed by atoms with Crippen LogP contribution in [-0.4, -0.2) is 37.2 Å². The van der Waals surface area contributed by atoms with Gasteiger partial charge in [-0.2, -0.15) is 0 Å². The van der Waals surface area contributed by atoms with E-state index in [9.17, 15) is 14.3 Å². The van der Waals surface area contributed by atoms with Crippen LogP contribution in [-0.2, 0) is 10.8 Å². The maximum absolute atomic E-state index is 11.0. The van der Waals surface area contributed by atoms with E-state index in [1.807, 2.05) is 6.92 Å². The highest BCUT2D eigenvalue weighted by Crippen LogP contribution is 2.28. The van der Waals surface area contributed by atoms with Gasteiger partial charge < -0.3 is 5.32 Å². The fourth-order valence-corrected chi connectivity index (χ4v) is 2.16. The molecule has 1 heterocycles. The van der Waals surface area contributed by atoms with Gasteiger partial charge in [0.25, 0.3) is 0 Å². The fourth-order valence-electron chi connectivity index (χ4n) is 1.27. The van der Waals surface area contributed by atoms with Crippen LogP contribution in [0.2, 0.25) is 5.15 Å². The predicted octanol–water partition coefficient (Wildman–Crippen LogP) is 1.61. The van der Waals surface area contributed by atoms with Crippen LogP contribution in [0.4, 0.5) is 11.5 Å². The van der Waals surface area contributed by atoms with E-state index in [4.69, 9.17) is 11.6 Å². The molecule has 0 aliphatic rings. The van der Waals surface area contributed by atoms with Crippen LogP contribution in [0.25, 0.3) is 0 Å². The molecule has 0 aliphatic heterocycles. The summed E-state index contributed by atoms with van der Waals surface area (Å²) in [5.41, 5.74) is -0.344. The third-order valence-corrected chi connectivity index (χ3v) is 3.27. The van der Waals surface area contributed by atoms with Gasteiger partial charge in [-0.15, -0.1) is 0 Å². The van der Waals surface area contributed by atoms with Crippen molar-refractivity contribution in [2.75, 3.05) is 17.3 Å². The maximum atomic E-state index is 11.0. The van der Waals surface area contributed by atoms with Gasteiger partial charge in [-0.3, -0.25) is 14.3 Å². The predicted molar refractivity (Wildman–Crippen MR) is 70.3 cm³/mol. The van der Waals surface area contributed by atoms with Crippen molar-refractivity contribution in [1.29, 1.82) is 0 Å². The molecule has 18 heavy (non-hydrogen) atoms. The summed E-state index contributed by atoms with van der Waals surface area (Å²) in [6.07, 6.45) is 3.38. The second kappa shape index (κ2) is 6.60. The second-order valence-corrected chi connectivity index (χ2v) is 5.64. The molecule has 0 aromatic carbocycles. The van der Waals surface area contributed by atoms with Crippen LogP contribution >= 0.6 is 11.6 Å². The van der Waals surface area contributed by atoms with Crippen LogP contribution in [0.3, 0.4) is 0 Å². The van der Waals surface area contributed by atoms with E-state index in [1.54, 1.807) is 6.26 Å². The molecule has 9 heteroatoms. The number of nitro groups is 1. The molecule has 1 aromatic rings. The first-order valence-electron chi connectivity index (χ1n) is 5.13. The molecule has 100 valence electrons. The van der Waals surface area contributed by atoms with Gasteiger partial charge in [-0.05, 0) is 13.3 Å². The summed E-state index contributed by atoms with van der Waals surface area (Å²) < 4.78 is 11.0. The number of nitrogens with one attached hydrogen (secondary N) is 1. The fraction of sp³-hybridized carbons (Fsp3) is 0.556. The van der Waals surface area contributed by atoms with Crippen LogP contribution in [0.5, 0.6) is 0 Å². The lowest BCUT2D eigenvalue weighted by atomic mass is 10.2. The van der Waals surface area contributed by atoms with Gasteiger partial charge in [0.2, 0.25) is 11.0 Å². The van der Waals surface area contributed by atoms with Gasteiger partial charge in [-0.1, -0.05) is 11.6 Å². The minimum absolute atomic E-state index is 0.0781. The van der Waals surface area contributed by atoms with Crippen LogP contribution < -0.4 is 5.32 Å². The number of hydrogen-bond acceptors (Lipinski definition) is 6. The highest BCUT2D eigenvalue weighted by molar-refractivity contribution is 7.84. The van der Waals surface area contributed by atoms with E-state index >= 15 is 0 Å². The largest absolute Gasteiger partial charge is 0.362 e. The molecule has 2 unspecified atom stereocenters. The van der Waals surface area contributed by atoms with Gasteiger partial charge in [-0.25, -0.2) is 9.97 Å². The normalized spacial score (nSPS) is 13.9. The first-order chi connectivity index (χ1) is 8.41. The Labute approximate surface area is 112 Å². The standard InChI is InChI=1S/C9H13ClN4O3S/c1-6(3-4-18(2)17)13-9-7(14(15)16)8(10)11-5-12-9/h5-6H,3-4H2,1-2H3,(H,11,12,13). The lowest BCUT2D eigenvalue weighted by Gasteiger charge is -2.13. The molecule has 0 spiro atoms. The Morgan fingerprint density at radius 3 is 2.83 bits per heavy atom. The Balaban J connectivity index is 2.81. The minimum atomic E-state index is -0.895. The topological polar surface area (TPSA) is 98.0 Å². The zero-order valence-electron chi connectivity index (χ0n) is 9.92. The molecule has 0 aliphatic carbocycles. The third kappa shape index (κ3) is 4.19. The number of halogens is 1. The molecular weight excluding hydrogens is 280 g/mol. The van der Waals surface area contributed by atoms with Gasteiger partial charge in [0.15, 0.2) is 0 Å². The second-order valence-electron chi connectivity index (χ2n) is 3.73. The first-order valence-corrected chi connectivity index (χ1v) is 7.23. The molecule has 0 radical (unpaired) electrons. The summed E-state index contributed by atoms with van der Waals surface area (Å²) in [5.74, 6) is 0.593. The highest BCUT2D eigenvalue weighted by atomic mass is 35.5. The van der Waals surface area contributed by atoms with E-state index in [0.717, 1.165) is 6.33 Å². The molecule has 0 bridgehead atoms. The first kappa shape index (κ1) is 14.8. The zero-order chi connectivity index (χ0) is 13.7. The van der Waals surface area contributed by atoms with Crippen molar-refractivity contribution in [3.8, 4) is 0 Å². The average Bonchev–Trinajstić information content (AvgIpc) is 2.26. The number of aromatic nitrogens is 2. The van der Waals surface area contributed by atoms with Gasteiger partial charge in [0, 0.05) is 28.9 Å². The number of anilines is 1. The van der Waals surface area contributed by atoms with E-state index in [1.165, 1.54) is 0 Å². The summed E-state index contributed by atoms with van der Waals surface area (Å²) in [5, 5.41) is 13.5. The number of rotatable bonds is 6. The smallest absolute Gasteiger partial charge is 0.348 e. The molecular formula is C9H13ClN4O3S. The van der Waals surface area contributed by atoms with E-state index < -0.39 is 15.7 Å². The maximum Gasteiger partial charge on any atom is 0.348 e. The Hall–Kier alpha value is -1.28. The number of hydrogen-bond donors (Lipinski definition) is 1. The minimum Gasteiger partial charge on any atom is -0.362 e. The average molecular weight is 293 g/mol. The Kier molecular flexibility index (Phi) is 5.42. The van der Waals surface area contributed by atoms with Crippen LogP contribution in [0, 0.1) is 10.1 Å².